The van der Waals surface area contributed by atoms with Gasteiger partial charge in [-0.25, -0.2) is 4.79 Å². The molecule has 0 heterocycles. The number of hydrogen-bond acceptors (Lipinski definition) is 5. The van der Waals surface area contributed by atoms with Gasteiger partial charge in [0.1, 0.15) is 6.54 Å². The molecule has 138 valence electrons. The third kappa shape index (κ3) is 3.77. The predicted octanol–water partition coefficient (Wildman–Crippen LogP) is 0.446. The lowest BCUT2D eigenvalue weighted by Crippen LogP contribution is -2.54. The summed E-state index contributed by atoms with van der Waals surface area (Å²) in [6, 6.07) is -1.01. The van der Waals surface area contributed by atoms with E-state index in [-0.39, 0.29) is 17.9 Å². The highest BCUT2D eigenvalue weighted by Gasteiger charge is 2.54. The molecule has 0 aliphatic heterocycles. The van der Waals surface area contributed by atoms with Gasteiger partial charge in [0.15, 0.2) is 6.10 Å². The molecule has 8 heteroatoms. The molecule has 1 unspecified atom stereocenters. The molecule has 4 saturated carbocycles. The summed E-state index contributed by atoms with van der Waals surface area (Å²) in [5.74, 6) is 0.334. The number of esters is 1. The zero-order chi connectivity index (χ0) is 18.2. The van der Waals surface area contributed by atoms with Crippen LogP contribution in [0.3, 0.4) is 0 Å². The second kappa shape index (κ2) is 6.65. The first kappa shape index (κ1) is 17.7. The normalized spacial score (nSPS) is 33.4. The standard InChI is InChI=1S/C17H25N3O5/c1-9(14(22)20-16(18)24)25-13(21)8-19-15(23)17-5-10-2-11(6-17)4-12(3-10)7-17/h9-12H,2-8H2,1H3,(H,19,23)(H3,18,20,22,24). The Kier molecular flexibility index (Phi) is 4.71. The maximum absolute atomic E-state index is 12.7. The Balaban J connectivity index is 1.48. The van der Waals surface area contributed by atoms with E-state index in [4.69, 9.17) is 10.5 Å². The highest BCUT2D eigenvalue weighted by molar-refractivity contribution is 5.96. The fourth-order valence-electron chi connectivity index (χ4n) is 5.24. The van der Waals surface area contributed by atoms with Crippen LogP contribution in [0.25, 0.3) is 0 Å². The number of nitrogens with two attached hydrogens (primary N) is 1. The minimum absolute atomic E-state index is 0.0715. The molecular weight excluding hydrogens is 326 g/mol. The van der Waals surface area contributed by atoms with Crippen LogP contribution in [0.15, 0.2) is 0 Å². The van der Waals surface area contributed by atoms with Gasteiger partial charge in [0.05, 0.1) is 0 Å². The number of hydrogen-bond donors (Lipinski definition) is 3. The molecule has 4 aliphatic rings. The number of imide groups is 1. The zero-order valence-corrected chi connectivity index (χ0v) is 14.4. The van der Waals surface area contributed by atoms with Crippen LogP contribution in [0.2, 0.25) is 0 Å². The molecule has 25 heavy (non-hydrogen) atoms. The van der Waals surface area contributed by atoms with Gasteiger partial charge in [0.25, 0.3) is 5.91 Å². The number of nitrogens with one attached hydrogen (secondary N) is 2. The van der Waals surface area contributed by atoms with Crippen molar-refractivity contribution in [3.8, 4) is 0 Å². The molecular formula is C17H25N3O5. The average molecular weight is 351 g/mol. The van der Waals surface area contributed by atoms with Crippen molar-refractivity contribution in [2.45, 2.75) is 51.6 Å². The van der Waals surface area contributed by atoms with Crippen LogP contribution in [0.4, 0.5) is 4.79 Å². The van der Waals surface area contributed by atoms with E-state index in [0.717, 1.165) is 19.3 Å². The van der Waals surface area contributed by atoms with E-state index in [2.05, 4.69) is 5.32 Å². The summed E-state index contributed by atoms with van der Waals surface area (Å²) in [5.41, 5.74) is 4.51. The lowest BCUT2D eigenvalue weighted by molar-refractivity contribution is -0.156. The molecule has 8 nitrogen and oxygen atoms in total. The van der Waals surface area contributed by atoms with E-state index in [0.29, 0.717) is 17.8 Å². The van der Waals surface area contributed by atoms with Crippen LogP contribution in [-0.4, -0.2) is 36.5 Å². The number of amides is 4. The van der Waals surface area contributed by atoms with Crippen molar-refractivity contribution in [3.63, 3.8) is 0 Å². The summed E-state index contributed by atoms with van der Waals surface area (Å²) in [6.07, 6.45) is 5.30. The summed E-state index contributed by atoms with van der Waals surface area (Å²) < 4.78 is 4.91. The van der Waals surface area contributed by atoms with Crippen LogP contribution < -0.4 is 16.4 Å². The molecule has 1 atom stereocenters. The van der Waals surface area contributed by atoms with Crippen LogP contribution in [0.1, 0.15) is 45.4 Å². The fraction of sp³-hybridized carbons (Fsp3) is 0.765. The fourth-order valence-corrected chi connectivity index (χ4v) is 5.24. The Morgan fingerprint density at radius 1 is 1.08 bits per heavy atom. The second-order valence-electron chi connectivity index (χ2n) is 7.87. The maximum atomic E-state index is 12.7. The maximum Gasteiger partial charge on any atom is 0.326 e. The zero-order valence-electron chi connectivity index (χ0n) is 14.4. The van der Waals surface area contributed by atoms with E-state index in [1.165, 1.54) is 26.2 Å². The van der Waals surface area contributed by atoms with Gasteiger partial charge in [-0.15, -0.1) is 0 Å². The number of primary amides is 1. The third-order valence-corrected chi connectivity index (χ3v) is 5.84. The van der Waals surface area contributed by atoms with Crippen molar-refractivity contribution in [1.29, 1.82) is 0 Å². The van der Waals surface area contributed by atoms with Crippen molar-refractivity contribution >= 4 is 23.8 Å². The van der Waals surface area contributed by atoms with Gasteiger partial charge in [-0.05, 0) is 63.2 Å². The molecule has 4 aliphatic carbocycles. The summed E-state index contributed by atoms with van der Waals surface area (Å²) in [5, 5.41) is 4.52. The van der Waals surface area contributed by atoms with E-state index < -0.39 is 24.0 Å². The van der Waals surface area contributed by atoms with E-state index in [1.54, 1.807) is 0 Å². The lowest BCUT2D eigenvalue weighted by atomic mass is 9.49. The molecule has 0 aromatic rings. The molecule has 0 aromatic carbocycles. The molecule has 0 aromatic heterocycles. The van der Waals surface area contributed by atoms with Gasteiger partial charge >= 0.3 is 12.0 Å². The third-order valence-electron chi connectivity index (χ3n) is 5.84. The van der Waals surface area contributed by atoms with Gasteiger partial charge in [0, 0.05) is 5.41 Å². The van der Waals surface area contributed by atoms with E-state index >= 15 is 0 Å². The predicted molar refractivity (Wildman–Crippen MR) is 86.9 cm³/mol. The number of carbonyl (C=O) groups excluding carboxylic acids is 4. The molecule has 0 saturated heterocycles. The number of urea groups is 1. The molecule has 4 rings (SSSR count). The highest BCUT2D eigenvalue weighted by atomic mass is 16.5. The monoisotopic (exact) mass is 351 g/mol. The summed E-state index contributed by atoms with van der Waals surface area (Å²) in [6.45, 7) is 1.05. The van der Waals surface area contributed by atoms with Crippen LogP contribution in [-0.2, 0) is 19.1 Å². The van der Waals surface area contributed by atoms with Crippen molar-refractivity contribution < 1.29 is 23.9 Å². The first-order chi connectivity index (χ1) is 11.8. The number of carbonyl (C=O) groups is 4. The van der Waals surface area contributed by atoms with E-state index in [9.17, 15) is 19.2 Å². The summed E-state index contributed by atoms with van der Waals surface area (Å²) in [4.78, 5) is 46.6. The lowest BCUT2D eigenvalue weighted by Gasteiger charge is -2.55. The number of rotatable bonds is 5. The van der Waals surface area contributed by atoms with Crippen molar-refractivity contribution in [2.24, 2.45) is 28.9 Å². The topological polar surface area (TPSA) is 128 Å². The molecule has 4 amide bonds. The quantitative estimate of drug-likeness (QED) is 0.620. The van der Waals surface area contributed by atoms with Crippen molar-refractivity contribution in [3.05, 3.63) is 0 Å². The highest BCUT2D eigenvalue weighted by Crippen LogP contribution is 2.60. The van der Waals surface area contributed by atoms with Crippen molar-refractivity contribution in [2.75, 3.05) is 6.54 Å². The SMILES string of the molecule is CC(OC(=O)CNC(=O)C12CC3CC(CC(C3)C1)C2)C(=O)NC(N)=O. The molecule has 4 bridgehead atoms. The Morgan fingerprint density at radius 3 is 2.08 bits per heavy atom. The Morgan fingerprint density at radius 2 is 1.60 bits per heavy atom. The average Bonchev–Trinajstić information content (AvgIpc) is 2.50. The van der Waals surface area contributed by atoms with Gasteiger partial charge in [-0.3, -0.25) is 19.7 Å². The van der Waals surface area contributed by atoms with E-state index in [1.807, 2.05) is 5.32 Å². The van der Waals surface area contributed by atoms with Gasteiger partial charge < -0.3 is 15.8 Å². The largest absolute Gasteiger partial charge is 0.451 e. The molecule has 0 spiro atoms. The molecule has 4 N–H and O–H groups in total. The second-order valence-corrected chi connectivity index (χ2v) is 7.87. The molecule has 0 radical (unpaired) electrons. The minimum atomic E-state index is -1.16. The summed E-state index contributed by atoms with van der Waals surface area (Å²) in [7, 11) is 0. The smallest absolute Gasteiger partial charge is 0.326 e. The molecule has 4 fully saturated rings. The van der Waals surface area contributed by atoms with Gasteiger partial charge in [-0.2, -0.15) is 0 Å². The van der Waals surface area contributed by atoms with Gasteiger partial charge in [-0.1, -0.05) is 0 Å². The first-order valence-corrected chi connectivity index (χ1v) is 8.85. The minimum Gasteiger partial charge on any atom is -0.451 e. The van der Waals surface area contributed by atoms with Gasteiger partial charge in [0.2, 0.25) is 5.91 Å². The van der Waals surface area contributed by atoms with Crippen molar-refractivity contribution in [1.82, 2.24) is 10.6 Å². The Hall–Kier alpha value is -2.12. The summed E-state index contributed by atoms with van der Waals surface area (Å²) >= 11 is 0. The Labute approximate surface area is 146 Å². The first-order valence-electron chi connectivity index (χ1n) is 8.85. The Bertz CT molecular complexity index is 568. The van der Waals surface area contributed by atoms with Crippen LogP contribution >= 0.6 is 0 Å². The van der Waals surface area contributed by atoms with Crippen LogP contribution in [0, 0.1) is 23.2 Å². The number of ether oxygens (including phenoxy) is 1. The van der Waals surface area contributed by atoms with Crippen LogP contribution in [0.5, 0.6) is 0 Å².